The second kappa shape index (κ2) is 10.1. The van der Waals surface area contributed by atoms with Crippen LogP contribution in [0.3, 0.4) is 0 Å². The first-order valence-electron chi connectivity index (χ1n) is 10.6. The first kappa shape index (κ1) is 20.9. The minimum absolute atomic E-state index is 0.163. The predicted molar refractivity (Wildman–Crippen MR) is 114 cm³/mol. The van der Waals surface area contributed by atoms with Gasteiger partial charge in [0, 0.05) is 38.9 Å². The molecule has 1 N–H and O–H groups in total. The molecule has 0 amide bonds. The molecule has 2 heterocycles. The summed E-state index contributed by atoms with van der Waals surface area (Å²) in [7, 11) is 3.81. The van der Waals surface area contributed by atoms with Crippen molar-refractivity contribution in [1.29, 1.82) is 0 Å². The van der Waals surface area contributed by atoms with Crippen LogP contribution in [0.15, 0.2) is 29.3 Å². The van der Waals surface area contributed by atoms with Crippen LogP contribution in [0, 0.1) is 0 Å². The molecule has 0 atom stereocenters. The van der Waals surface area contributed by atoms with Gasteiger partial charge < -0.3 is 19.7 Å². The lowest BCUT2D eigenvalue weighted by molar-refractivity contribution is -0.0139. The SMILES string of the molecule is CCNC(=NCC1(N2CCCC2)CCOCC1)N(C)Cc1ccc(OC)cc1. The van der Waals surface area contributed by atoms with Crippen LogP contribution in [0.1, 0.15) is 38.2 Å². The summed E-state index contributed by atoms with van der Waals surface area (Å²) in [5.74, 6) is 1.86. The van der Waals surface area contributed by atoms with E-state index in [4.69, 9.17) is 14.5 Å². The Hall–Kier alpha value is -1.79. The third kappa shape index (κ3) is 5.17. The van der Waals surface area contributed by atoms with Crippen LogP contribution in [0.2, 0.25) is 0 Å². The Kier molecular flexibility index (Phi) is 7.57. The molecule has 2 aliphatic rings. The fourth-order valence-electron chi connectivity index (χ4n) is 4.29. The van der Waals surface area contributed by atoms with E-state index in [2.05, 4.69) is 41.2 Å². The number of guanidine groups is 1. The number of nitrogens with one attached hydrogen (secondary N) is 1. The van der Waals surface area contributed by atoms with Gasteiger partial charge in [-0.25, -0.2) is 0 Å². The number of ether oxygens (including phenoxy) is 2. The fraction of sp³-hybridized carbons (Fsp3) is 0.682. The number of benzene rings is 1. The van der Waals surface area contributed by atoms with Crippen LogP contribution in [0.4, 0.5) is 0 Å². The summed E-state index contributed by atoms with van der Waals surface area (Å²) in [5, 5.41) is 3.47. The van der Waals surface area contributed by atoms with Gasteiger partial charge in [0.05, 0.1) is 13.7 Å². The highest BCUT2D eigenvalue weighted by Gasteiger charge is 2.39. The van der Waals surface area contributed by atoms with Crippen molar-refractivity contribution in [3.63, 3.8) is 0 Å². The molecule has 2 fully saturated rings. The molecule has 0 radical (unpaired) electrons. The highest BCUT2D eigenvalue weighted by molar-refractivity contribution is 5.79. The monoisotopic (exact) mass is 388 g/mol. The molecule has 28 heavy (non-hydrogen) atoms. The van der Waals surface area contributed by atoms with Crippen molar-refractivity contribution in [2.45, 2.75) is 44.7 Å². The number of likely N-dealkylation sites (tertiary alicyclic amines) is 1. The summed E-state index contributed by atoms with van der Waals surface area (Å²) in [6.07, 6.45) is 4.78. The number of aliphatic imine (C=N–C) groups is 1. The second-order valence-electron chi connectivity index (χ2n) is 7.91. The molecule has 2 saturated heterocycles. The molecule has 0 spiro atoms. The molecule has 1 aromatic rings. The lowest BCUT2D eigenvalue weighted by atomic mass is 9.88. The van der Waals surface area contributed by atoms with Crippen LogP contribution in [0.25, 0.3) is 0 Å². The molecule has 156 valence electrons. The summed E-state index contributed by atoms with van der Waals surface area (Å²) >= 11 is 0. The Balaban J connectivity index is 1.70. The van der Waals surface area contributed by atoms with Crippen molar-refractivity contribution in [2.24, 2.45) is 4.99 Å². The third-order valence-corrected chi connectivity index (χ3v) is 6.00. The Morgan fingerprint density at radius 2 is 1.89 bits per heavy atom. The van der Waals surface area contributed by atoms with E-state index in [0.29, 0.717) is 0 Å². The first-order valence-corrected chi connectivity index (χ1v) is 10.6. The van der Waals surface area contributed by atoms with Crippen LogP contribution < -0.4 is 10.1 Å². The van der Waals surface area contributed by atoms with Gasteiger partial charge in [-0.2, -0.15) is 0 Å². The van der Waals surface area contributed by atoms with Gasteiger partial charge in [0.25, 0.3) is 0 Å². The van der Waals surface area contributed by atoms with Crippen LogP contribution in [-0.2, 0) is 11.3 Å². The van der Waals surface area contributed by atoms with Crippen LogP contribution in [0.5, 0.6) is 5.75 Å². The van der Waals surface area contributed by atoms with Crippen molar-refractivity contribution in [3.05, 3.63) is 29.8 Å². The summed E-state index contributed by atoms with van der Waals surface area (Å²) in [4.78, 5) is 9.98. The van der Waals surface area contributed by atoms with E-state index in [1.165, 1.54) is 31.5 Å². The average Bonchev–Trinajstić information content (AvgIpc) is 3.28. The lowest BCUT2D eigenvalue weighted by Crippen LogP contribution is -2.54. The van der Waals surface area contributed by atoms with E-state index in [1.807, 2.05) is 12.1 Å². The van der Waals surface area contributed by atoms with Gasteiger partial charge in [-0.05, 0) is 63.4 Å². The number of methoxy groups -OCH3 is 1. The minimum atomic E-state index is 0.163. The minimum Gasteiger partial charge on any atom is -0.497 e. The molecule has 0 aliphatic carbocycles. The van der Waals surface area contributed by atoms with Crippen molar-refractivity contribution in [1.82, 2.24) is 15.1 Å². The fourth-order valence-corrected chi connectivity index (χ4v) is 4.29. The largest absolute Gasteiger partial charge is 0.497 e. The van der Waals surface area contributed by atoms with Gasteiger partial charge in [-0.3, -0.25) is 9.89 Å². The number of rotatable bonds is 7. The van der Waals surface area contributed by atoms with E-state index < -0.39 is 0 Å². The first-order chi connectivity index (χ1) is 13.7. The molecular formula is C22H36N4O2. The number of nitrogens with zero attached hydrogens (tertiary/aromatic N) is 3. The van der Waals surface area contributed by atoms with Crippen LogP contribution >= 0.6 is 0 Å². The summed E-state index contributed by atoms with van der Waals surface area (Å²) in [6, 6.07) is 8.25. The normalized spacial score (nSPS) is 20.2. The maximum atomic E-state index is 5.67. The number of hydrogen-bond acceptors (Lipinski definition) is 4. The van der Waals surface area contributed by atoms with Crippen LogP contribution in [-0.4, -0.2) is 74.8 Å². The van der Waals surface area contributed by atoms with Gasteiger partial charge in [0.15, 0.2) is 5.96 Å². The Labute approximate surface area is 169 Å². The van der Waals surface area contributed by atoms with E-state index >= 15 is 0 Å². The van der Waals surface area contributed by atoms with Gasteiger partial charge >= 0.3 is 0 Å². The summed E-state index contributed by atoms with van der Waals surface area (Å²) in [5.41, 5.74) is 1.41. The molecule has 0 aromatic heterocycles. The zero-order valence-electron chi connectivity index (χ0n) is 17.7. The topological polar surface area (TPSA) is 49.3 Å². The predicted octanol–water partition coefficient (Wildman–Crippen LogP) is 2.74. The van der Waals surface area contributed by atoms with Crippen molar-refractivity contribution in [2.75, 3.05) is 53.6 Å². The van der Waals surface area contributed by atoms with E-state index in [9.17, 15) is 0 Å². The molecule has 6 heteroatoms. The molecule has 0 unspecified atom stereocenters. The molecule has 1 aromatic carbocycles. The van der Waals surface area contributed by atoms with Gasteiger partial charge in [-0.15, -0.1) is 0 Å². The highest BCUT2D eigenvalue weighted by Crippen LogP contribution is 2.31. The van der Waals surface area contributed by atoms with Gasteiger partial charge in [0.1, 0.15) is 5.75 Å². The number of hydrogen-bond donors (Lipinski definition) is 1. The summed E-state index contributed by atoms with van der Waals surface area (Å²) in [6.45, 7) is 8.75. The molecule has 3 rings (SSSR count). The Bertz CT molecular complexity index is 620. The van der Waals surface area contributed by atoms with Gasteiger partial charge in [-0.1, -0.05) is 12.1 Å². The molecule has 0 saturated carbocycles. The van der Waals surface area contributed by atoms with Crippen molar-refractivity contribution < 1.29 is 9.47 Å². The molecule has 2 aliphatic heterocycles. The standard InChI is InChI=1S/C22H36N4O2/c1-4-23-21(25(2)17-19-7-9-20(27-3)10-8-19)24-18-22(11-15-28-16-12-22)26-13-5-6-14-26/h7-10H,4-6,11-18H2,1-3H3,(H,23,24). The van der Waals surface area contributed by atoms with Crippen molar-refractivity contribution >= 4 is 5.96 Å². The lowest BCUT2D eigenvalue weighted by Gasteiger charge is -2.43. The molecule has 6 nitrogen and oxygen atoms in total. The maximum Gasteiger partial charge on any atom is 0.194 e. The molecule has 0 bridgehead atoms. The van der Waals surface area contributed by atoms with Gasteiger partial charge in [0.2, 0.25) is 0 Å². The zero-order chi connectivity index (χ0) is 19.8. The second-order valence-corrected chi connectivity index (χ2v) is 7.91. The average molecular weight is 389 g/mol. The Morgan fingerprint density at radius 3 is 2.50 bits per heavy atom. The Morgan fingerprint density at radius 1 is 1.21 bits per heavy atom. The summed E-state index contributed by atoms with van der Waals surface area (Å²) < 4.78 is 10.9. The smallest absolute Gasteiger partial charge is 0.194 e. The molecular weight excluding hydrogens is 352 g/mol. The van der Waals surface area contributed by atoms with Crippen molar-refractivity contribution in [3.8, 4) is 5.75 Å². The zero-order valence-corrected chi connectivity index (χ0v) is 17.7. The van der Waals surface area contributed by atoms with E-state index in [0.717, 1.165) is 57.4 Å². The quantitative estimate of drug-likeness (QED) is 0.575. The van der Waals surface area contributed by atoms with E-state index in [-0.39, 0.29) is 5.54 Å². The highest BCUT2D eigenvalue weighted by atomic mass is 16.5. The van der Waals surface area contributed by atoms with E-state index in [1.54, 1.807) is 7.11 Å². The maximum absolute atomic E-state index is 5.67. The third-order valence-electron chi connectivity index (χ3n) is 6.00.